The van der Waals surface area contributed by atoms with Gasteiger partial charge in [-0.1, -0.05) is 23.8 Å². The van der Waals surface area contributed by atoms with Crippen molar-refractivity contribution in [1.29, 1.82) is 0 Å². The van der Waals surface area contributed by atoms with Gasteiger partial charge in [0, 0.05) is 12.2 Å². The molecule has 124 valence electrons. The maximum atomic E-state index is 13.3. The summed E-state index contributed by atoms with van der Waals surface area (Å²) < 4.78 is 24.9. The molecule has 1 unspecified atom stereocenters. The number of allylic oxidation sites excluding steroid dienone is 2. The Morgan fingerprint density at radius 3 is 2.58 bits per heavy atom. The number of benzene rings is 1. The maximum Gasteiger partial charge on any atom is 0.267 e. The zero-order valence-electron chi connectivity index (χ0n) is 12.7. The van der Waals surface area contributed by atoms with Crippen molar-refractivity contribution in [3.8, 4) is 0 Å². The van der Waals surface area contributed by atoms with E-state index in [1.54, 1.807) is 12.1 Å². The van der Waals surface area contributed by atoms with Crippen molar-refractivity contribution in [2.45, 2.75) is 23.0 Å². The van der Waals surface area contributed by atoms with E-state index in [9.17, 15) is 18.5 Å². The van der Waals surface area contributed by atoms with Crippen molar-refractivity contribution in [2.24, 2.45) is 0 Å². The second kappa shape index (κ2) is 5.68. The number of hydrogen-bond donors (Lipinski definition) is 1. The third kappa shape index (κ3) is 2.42. The number of nitrogens with one attached hydrogen (secondary N) is 1. The van der Waals surface area contributed by atoms with Crippen LogP contribution in [0.3, 0.4) is 0 Å². The quantitative estimate of drug-likeness (QED) is 0.667. The average molecular weight is 346 g/mol. The first-order valence-electron chi connectivity index (χ1n) is 7.08. The standard InChI is InChI=1S/C15H14N4O4S/c1-11-4-6-13(7-5-11)24(22,23)15(14-10-16-18-17-14)8-2-3-12(9-15)19(20)21/h2-7,9-10H,8H2,1H3,(H,16,17,18). The molecule has 24 heavy (non-hydrogen) atoms. The lowest BCUT2D eigenvalue weighted by Crippen LogP contribution is -2.36. The highest BCUT2D eigenvalue weighted by molar-refractivity contribution is 7.92. The second-order valence-electron chi connectivity index (χ2n) is 5.49. The molecule has 1 aromatic heterocycles. The van der Waals surface area contributed by atoms with E-state index in [0.29, 0.717) is 0 Å². The predicted molar refractivity (Wildman–Crippen MR) is 85.3 cm³/mol. The van der Waals surface area contributed by atoms with E-state index < -0.39 is 19.5 Å². The third-order valence-electron chi connectivity index (χ3n) is 3.96. The van der Waals surface area contributed by atoms with Crippen LogP contribution in [0.15, 0.2) is 59.3 Å². The molecule has 0 aliphatic heterocycles. The molecule has 3 rings (SSSR count). The van der Waals surface area contributed by atoms with Crippen LogP contribution >= 0.6 is 0 Å². The number of rotatable bonds is 4. The summed E-state index contributed by atoms with van der Waals surface area (Å²) in [5, 5.41) is 21.1. The zero-order valence-corrected chi connectivity index (χ0v) is 13.5. The lowest BCUT2D eigenvalue weighted by atomic mass is 9.95. The van der Waals surface area contributed by atoms with Crippen molar-refractivity contribution in [3.63, 3.8) is 0 Å². The normalized spacial score (nSPS) is 20.6. The van der Waals surface area contributed by atoms with E-state index in [1.165, 1.54) is 30.5 Å². The van der Waals surface area contributed by atoms with Gasteiger partial charge in [0.25, 0.3) is 5.70 Å². The Morgan fingerprint density at radius 2 is 2.00 bits per heavy atom. The zero-order chi connectivity index (χ0) is 17.4. The first-order valence-corrected chi connectivity index (χ1v) is 8.56. The average Bonchev–Trinajstić information content (AvgIpc) is 3.10. The smallest absolute Gasteiger partial charge is 0.258 e. The first-order chi connectivity index (χ1) is 11.4. The van der Waals surface area contributed by atoms with Gasteiger partial charge in [-0.15, -0.1) is 0 Å². The van der Waals surface area contributed by atoms with Gasteiger partial charge >= 0.3 is 0 Å². The van der Waals surface area contributed by atoms with Gasteiger partial charge in [-0.2, -0.15) is 15.4 Å². The van der Waals surface area contributed by atoms with Crippen molar-refractivity contribution < 1.29 is 13.3 Å². The molecule has 8 nitrogen and oxygen atoms in total. The van der Waals surface area contributed by atoms with Crippen molar-refractivity contribution >= 4 is 9.84 Å². The number of hydrogen-bond acceptors (Lipinski definition) is 6. The van der Waals surface area contributed by atoms with E-state index in [4.69, 9.17) is 0 Å². The largest absolute Gasteiger partial charge is 0.267 e. The molecule has 0 amide bonds. The van der Waals surface area contributed by atoms with Crippen LogP contribution in [0.1, 0.15) is 17.7 Å². The Balaban J connectivity index is 2.25. The number of H-pyrrole nitrogens is 1. The minimum absolute atomic E-state index is 0.0348. The second-order valence-corrected chi connectivity index (χ2v) is 7.70. The lowest BCUT2D eigenvalue weighted by molar-refractivity contribution is -0.419. The minimum atomic E-state index is -3.98. The fourth-order valence-electron chi connectivity index (χ4n) is 2.65. The van der Waals surface area contributed by atoms with Crippen LogP contribution in [-0.4, -0.2) is 28.8 Å². The lowest BCUT2D eigenvalue weighted by Gasteiger charge is -2.28. The summed E-state index contributed by atoms with van der Waals surface area (Å²) in [5.41, 5.74) is 0.737. The molecule has 0 saturated heterocycles. The molecule has 9 heteroatoms. The fourth-order valence-corrected chi connectivity index (χ4v) is 4.53. The number of aromatic nitrogens is 3. The molecule has 0 bridgehead atoms. The van der Waals surface area contributed by atoms with Gasteiger partial charge in [0.2, 0.25) is 0 Å². The summed E-state index contributed by atoms with van der Waals surface area (Å²) >= 11 is 0. The highest BCUT2D eigenvalue weighted by atomic mass is 32.2. The third-order valence-corrected chi connectivity index (χ3v) is 6.31. The molecule has 1 aliphatic carbocycles. The topological polar surface area (TPSA) is 119 Å². The molecule has 1 aromatic carbocycles. The van der Waals surface area contributed by atoms with E-state index in [2.05, 4.69) is 15.4 Å². The van der Waals surface area contributed by atoms with Gasteiger partial charge in [-0.25, -0.2) is 8.42 Å². The Hall–Kier alpha value is -2.81. The molecule has 0 saturated carbocycles. The predicted octanol–water partition coefficient (Wildman–Crippen LogP) is 1.90. The Labute approximate surface area is 138 Å². The monoisotopic (exact) mass is 346 g/mol. The molecule has 0 spiro atoms. The fraction of sp³-hybridized carbons (Fsp3) is 0.200. The molecule has 1 atom stereocenters. The molecule has 0 fully saturated rings. The molecule has 1 aliphatic rings. The van der Waals surface area contributed by atoms with Crippen molar-refractivity contribution in [3.05, 3.63) is 75.8 Å². The van der Waals surface area contributed by atoms with Crippen molar-refractivity contribution in [1.82, 2.24) is 15.4 Å². The van der Waals surface area contributed by atoms with Crippen LogP contribution in [0.4, 0.5) is 0 Å². The Kier molecular flexibility index (Phi) is 3.80. The van der Waals surface area contributed by atoms with Crippen LogP contribution in [-0.2, 0) is 14.6 Å². The van der Waals surface area contributed by atoms with E-state index >= 15 is 0 Å². The maximum absolute atomic E-state index is 13.3. The highest BCUT2D eigenvalue weighted by Gasteiger charge is 2.48. The first kappa shape index (κ1) is 16.1. The number of nitrogens with zero attached hydrogens (tertiary/aromatic N) is 3. The number of nitro groups is 1. The number of aryl methyl sites for hydroxylation is 1. The molecular weight excluding hydrogens is 332 g/mol. The SMILES string of the molecule is Cc1ccc(S(=O)(=O)C2(c3cn[nH]n3)C=C([N+](=O)[O-])C=CC2)cc1. The Morgan fingerprint density at radius 1 is 1.29 bits per heavy atom. The van der Waals surface area contributed by atoms with Crippen LogP contribution < -0.4 is 0 Å². The summed E-state index contributed by atoms with van der Waals surface area (Å²) in [5.74, 6) is 0. The summed E-state index contributed by atoms with van der Waals surface area (Å²) in [6.45, 7) is 1.85. The van der Waals surface area contributed by atoms with E-state index in [-0.39, 0.29) is 22.7 Å². The van der Waals surface area contributed by atoms with Crippen LogP contribution in [0.2, 0.25) is 0 Å². The van der Waals surface area contributed by atoms with Gasteiger partial charge in [0.15, 0.2) is 14.6 Å². The summed E-state index contributed by atoms with van der Waals surface area (Å²) in [6, 6.07) is 6.34. The van der Waals surface area contributed by atoms with Crippen LogP contribution in [0.5, 0.6) is 0 Å². The van der Waals surface area contributed by atoms with E-state index in [1.807, 2.05) is 6.92 Å². The molecule has 1 heterocycles. The highest BCUT2D eigenvalue weighted by Crippen LogP contribution is 2.42. The van der Waals surface area contributed by atoms with Crippen LogP contribution in [0.25, 0.3) is 0 Å². The van der Waals surface area contributed by atoms with Gasteiger partial charge in [-0.05, 0) is 25.5 Å². The van der Waals surface area contributed by atoms with Gasteiger partial charge < -0.3 is 0 Å². The molecule has 0 radical (unpaired) electrons. The number of aromatic amines is 1. The van der Waals surface area contributed by atoms with Gasteiger partial charge in [-0.3, -0.25) is 10.1 Å². The van der Waals surface area contributed by atoms with Gasteiger partial charge in [0.05, 0.1) is 16.0 Å². The summed E-state index contributed by atoms with van der Waals surface area (Å²) in [4.78, 5) is 10.6. The summed E-state index contributed by atoms with van der Waals surface area (Å²) in [7, 11) is -3.98. The molecular formula is C15H14N4O4S. The summed E-state index contributed by atoms with van der Waals surface area (Å²) in [6.07, 6.45) is 5.22. The minimum Gasteiger partial charge on any atom is -0.258 e. The van der Waals surface area contributed by atoms with Crippen molar-refractivity contribution in [2.75, 3.05) is 0 Å². The van der Waals surface area contributed by atoms with Gasteiger partial charge in [0.1, 0.15) is 5.69 Å². The van der Waals surface area contributed by atoms with Crippen LogP contribution in [0, 0.1) is 17.0 Å². The van der Waals surface area contributed by atoms with E-state index in [0.717, 1.165) is 11.6 Å². The molecule has 2 aromatic rings. The number of sulfone groups is 1. The Bertz CT molecular complexity index is 930. The molecule has 1 N–H and O–H groups in total.